The second-order valence-corrected chi connectivity index (χ2v) is 11.1. The first-order valence-electron chi connectivity index (χ1n) is 14.0. The lowest BCUT2D eigenvalue weighted by Crippen LogP contribution is -2.47. The van der Waals surface area contributed by atoms with Gasteiger partial charge < -0.3 is 19.9 Å². The Balaban J connectivity index is 1.10. The maximum Gasteiger partial charge on any atom is 0.291 e. The Morgan fingerprint density at radius 3 is 2.64 bits per heavy atom. The molecule has 3 aliphatic rings. The van der Waals surface area contributed by atoms with E-state index in [2.05, 4.69) is 43.6 Å². The summed E-state index contributed by atoms with van der Waals surface area (Å²) in [5.74, 6) is 0.0855. The average molecular weight is 529 g/mol. The number of H-pyrrole nitrogens is 1. The third-order valence-electron chi connectivity index (χ3n) is 8.76. The van der Waals surface area contributed by atoms with Crippen LogP contribution in [0.5, 0.6) is 0 Å². The monoisotopic (exact) mass is 528 g/mol. The van der Waals surface area contributed by atoms with Gasteiger partial charge in [-0.1, -0.05) is 36.4 Å². The number of rotatable bonds is 5. The summed E-state index contributed by atoms with van der Waals surface area (Å²) in [4.78, 5) is 34.9. The first-order valence-corrected chi connectivity index (χ1v) is 14.0. The Hall–Kier alpha value is -3.72. The minimum Gasteiger partial charge on any atom is -0.381 e. The minimum absolute atomic E-state index is 0.0489. The number of carbonyl (C=O) groups excluding carboxylic acids is 2. The van der Waals surface area contributed by atoms with E-state index in [4.69, 9.17) is 4.74 Å². The highest BCUT2D eigenvalue weighted by atomic mass is 16.5. The highest BCUT2D eigenvalue weighted by Gasteiger charge is 2.36. The van der Waals surface area contributed by atoms with Crippen molar-refractivity contribution < 1.29 is 14.3 Å². The molecule has 204 valence electrons. The van der Waals surface area contributed by atoms with Crippen LogP contribution in [0.1, 0.15) is 59.7 Å². The molecule has 0 saturated carbocycles. The number of benzene rings is 2. The van der Waals surface area contributed by atoms with Crippen molar-refractivity contribution in [1.29, 1.82) is 0 Å². The third kappa shape index (κ3) is 5.41. The number of hydrogen-bond acceptors (Lipinski definition) is 6. The zero-order valence-electron chi connectivity index (χ0n) is 22.5. The molecule has 39 heavy (non-hydrogen) atoms. The lowest BCUT2D eigenvalue weighted by atomic mass is 9.72. The Morgan fingerprint density at radius 2 is 1.87 bits per heavy atom. The molecule has 4 heterocycles. The smallest absolute Gasteiger partial charge is 0.291 e. The van der Waals surface area contributed by atoms with Gasteiger partial charge in [0.1, 0.15) is 11.9 Å². The van der Waals surface area contributed by atoms with Gasteiger partial charge in [0.05, 0.1) is 0 Å². The lowest BCUT2D eigenvalue weighted by Gasteiger charge is -2.45. The number of nitrogens with one attached hydrogen (secondary N) is 2. The molecular weight excluding hydrogens is 492 g/mol. The molecule has 0 radical (unpaired) electrons. The van der Waals surface area contributed by atoms with Crippen LogP contribution in [-0.2, 0) is 22.4 Å². The van der Waals surface area contributed by atoms with E-state index in [-0.39, 0.29) is 11.7 Å². The van der Waals surface area contributed by atoms with Gasteiger partial charge in [0.2, 0.25) is 11.7 Å². The summed E-state index contributed by atoms with van der Waals surface area (Å²) in [5.41, 5.74) is 4.70. The summed E-state index contributed by atoms with van der Waals surface area (Å²) in [6.07, 6.45) is 6.48. The number of fused-ring (bicyclic) bond motifs is 1. The van der Waals surface area contributed by atoms with E-state index in [1.165, 1.54) is 12.8 Å². The van der Waals surface area contributed by atoms with Crippen LogP contribution in [0.15, 0.2) is 48.5 Å². The summed E-state index contributed by atoms with van der Waals surface area (Å²) >= 11 is 0. The van der Waals surface area contributed by atoms with Crippen LogP contribution < -0.4 is 15.1 Å². The van der Waals surface area contributed by atoms with Crippen molar-refractivity contribution in [2.24, 2.45) is 5.41 Å². The fourth-order valence-electron chi connectivity index (χ4n) is 6.21. The second kappa shape index (κ2) is 10.8. The number of anilines is 2. The first-order chi connectivity index (χ1) is 19.0. The maximum atomic E-state index is 13.4. The van der Waals surface area contributed by atoms with E-state index in [1.54, 1.807) is 11.9 Å². The van der Waals surface area contributed by atoms with Gasteiger partial charge in [-0.2, -0.15) is 0 Å². The normalized spacial score (nSPS) is 20.9. The summed E-state index contributed by atoms with van der Waals surface area (Å²) in [7, 11) is 1.80. The van der Waals surface area contributed by atoms with Crippen LogP contribution in [0.2, 0.25) is 0 Å². The Bertz CT molecular complexity index is 1320. The number of aromatic nitrogens is 3. The summed E-state index contributed by atoms with van der Waals surface area (Å²) in [6.45, 7) is 3.82. The van der Waals surface area contributed by atoms with E-state index in [0.717, 1.165) is 61.6 Å². The van der Waals surface area contributed by atoms with Gasteiger partial charge >= 0.3 is 0 Å². The lowest BCUT2D eigenvalue weighted by molar-refractivity contribution is -0.120. The molecule has 1 atom stereocenters. The molecule has 0 aliphatic carbocycles. The molecule has 9 heteroatoms. The highest BCUT2D eigenvalue weighted by Crippen LogP contribution is 2.42. The van der Waals surface area contributed by atoms with Gasteiger partial charge in [-0.15, -0.1) is 5.10 Å². The van der Waals surface area contributed by atoms with Crippen LogP contribution in [0.4, 0.5) is 11.4 Å². The van der Waals surface area contributed by atoms with Crippen LogP contribution in [0.25, 0.3) is 0 Å². The number of aryl methyl sites for hydroxylation is 1. The van der Waals surface area contributed by atoms with Gasteiger partial charge in [-0.05, 0) is 67.2 Å². The van der Waals surface area contributed by atoms with E-state index >= 15 is 0 Å². The summed E-state index contributed by atoms with van der Waals surface area (Å²) in [5, 5.41) is 9.82. The maximum absolute atomic E-state index is 13.4. The molecule has 2 saturated heterocycles. The van der Waals surface area contributed by atoms with E-state index < -0.39 is 11.9 Å². The molecule has 3 aromatic rings. The molecule has 0 bridgehead atoms. The van der Waals surface area contributed by atoms with Gasteiger partial charge in [0, 0.05) is 51.1 Å². The number of aromatic amines is 1. The number of nitrogens with zero attached hydrogens (tertiary/aromatic N) is 4. The summed E-state index contributed by atoms with van der Waals surface area (Å²) in [6, 6.07) is 15.7. The largest absolute Gasteiger partial charge is 0.381 e. The van der Waals surface area contributed by atoms with Crippen LogP contribution in [-0.4, -0.2) is 66.4 Å². The molecule has 2 aromatic carbocycles. The SMILES string of the molecule is CN1C(=O)C(NC(=O)c2n[nH]c(Cc3ccccc3)n2)CCc2ccc(N3CCC4(CCOCC4)CC3)cc21. The number of piperidine rings is 1. The van der Waals surface area contributed by atoms with Crippen LogP contribution in [0.3, 0.4) is 0 Å². The van der Waals surface area contributed by atoms with Crippen molar-refractivity contribution in [2.75, 3.05) is 43.2 Å². The predicted molar refractivity (Wildman–Crippen MR) is 149 cm³/mol. The predicted octanol–water partition coefficient (Wildman–Crippen LogP) is 3.50. The number of hydrogen-bond donors (Lipinski definition) is 2. The molecule has 9 nitrogen and oxygen atoms in total. The van der Waals surface area contributed by atoms with Crippen molar-refractivity contribution in [1.82, 2.24) is 20.5 Å². The molecule has 2 amide bonds. The van der Waals surface area contributed by atoms with E-state index in [9.17, 15) is 9.59 Å². The van der Waals surface area contributed by atoms with E-state index in [1.807, 2.05) is 30.3 Å². The number of carbonyl (C=O) groups is 2. The second-order valence-electron chi connectivity index (χ2n) is 11.1. The average Bonchev–Trinajstić information content (AvgIpc) is 3.40. The van der Waals surface area contributed by atoms with Crippen LogP contribution >= 0.6 is 0 Å². The molecule has 1 unspecified atom stereocenters. The number of amides is 2. The van der Waals surface area contributed by atoms with E-state index in [0.29, 0.717) is 30.5 Å². The molecule has 1 aromatic heterocycles. The summed E-state index contributed by atoms with van der Waals surface area (Å²) < 4.78 is 5.60. The first kappa shape index (κ1) is 25.6. The Morgan fingerprint density at radius 1 is 1.10 bits per heavy atom. The van der Waals surface area contributed by atoms with Gasteiger partial charge in [-0.25, -0.2) is 4.98 Å². The Kier molecular flexibility index (Phi) is 7.08. The quantitative estimate of drug-likeness (QED) is 0.526. The molecule has 6 rings (SSSR count). The molecular formula is C30H36N6O3. The van der Waals surface area contributed by atoms with Crippen molar-refractivity contribution in [3.8, 4) is 0 Å². The highest BCUT2D eigenvalue weighted by molar-refractivity contribution is 6.02. The fraction of sp³-hybridized carbons (Fsp3) is 0.467. The standard InChI is InChI=1S/C30H36N6O3/c1-35-25-20-23(36-15-11-30(12-16-36)13-17-39-18-14-30)9-7-22(25)8-10-24(29(35)38)31-28(37)27-32-26(33-34-27)19-21-5-3-2-4-6-21/h2-7,9,20,24H,8,10-19H2,1H3,(H,31,37)(H,32,33,34). The Labute approximate surface area is 228 Å². The number of likely N-dealkylation sites (N-methyl/N-ethyl adjacent to an activating group) is 1. The van der Waals surface area contributed by atoms with Crippen molar-refractivity contribution in [3.63, 3.8) is 0 Å². The van der Waals surface area contributed by atoms with Crippen LogP contribution in [0, 0.1) is 5.41 Å². The third-order valence-corrected chi connectivity index (χ3v) is 8.76. The van der Waals surface area contributed by atoms with Gasteiger partial charge in [-0.3, -0.25) is 14.7 Å². The van der Waals surface area contributed by atoms with Crippen molar-refractivity contribution >= 4 is 23.2 Å². The van der Waals surface area contributed by atoms with Crippen molar-refractivity contribution in [3.05, 3.63) is 71.3 Å². The fourth-order valence-corrected chi connectivity index (χ4v) is 6.21. The zero-order chi connectivity index (χ0) is 26.8. The zero-order valence-corrected chi connectivity index (χ0v) is 22.5. The number of ether oxygens (including phenoxy) is 1. The minimum atomic E-state index is -0.641. The topological polar surface area (TPSA) is 103 Å². The van der Waals surface area contributed by atoms with Crippen molar-refractivity contribution in [2.45, 2.75) is 51.0 Å². The van der Waals surface area contributed by atoms with Gasteiger partial charge in [0.25, 0.3) is 5.91 Å². The molecule has 3 aliphatic heterocycles. The molecule has 2 fully saturated rings. The van der Waals surface area contributed by atoms with Gasteiger partial charge in [0.15, 0.2) is 0 Å². The molecule has 1 spiro atoms. The molecule has 2 N–H and O–H groups in total.